The van der Waals surface area contributed by atoms with Crippen LogP contribution in [0.3, 0.4) is 0 Å². The van der Waals surface area contributed by atoms with Gasteiger partial charge in [0.05, 0.1) is 24.1 Å². The highest BCUT2D eigenvalue weighted by atomic mass is 79.9. The molecule has 0 aliphatic carbocycles. The van der Waals surface area contributed by atoms with Gasteiger partial charge in [0.2, 0.25) is 15.9 Å². The van der Waals surface area contributed by atoms with E-state index in [-0.39, 0.29) is 6.61 Å². The van der Waals surface area contributed by atoms with Gasteiger partial charge < -0.3 is 10.1 Å². The summed E-state index contributed by atoms with van der Waals surface area (Å²) in [6.07, 6.45) is 1.05. The summed E-state index contributed by atoms with van der Waals surface area (Å²) in [5.41, 5.74) is 2.68. The molecule has 0 bridgehead atoms. The van der Waals surface area contributed by atoms with E-state index in [1.807, 2.05) is 6.92 Å². The minimum atomic E-state index is -3.69. The number of benzene rings is 2. The highest BCUT2D eigenvalue weighted by Crippen LogP contribution is 2.25. The standard InChI is InChI=1S/C20H23BrN2O5S/c1-5-28-20(25)15-7-6-13(2)18(11-15)22-19(24)12-23(29(4,26)27)16-8-9-17(21)14(3)10-16/h6-11H,5,12H2,1-4H3,(H,22,24). The molecule has 0 aromatic heterocycles. The smallest absolute Gasteiger partial charge is 0.338 e. The van der Waals surface area contributed by atoms with Crippen molar-refractivity contribution in [1.82, 2.24) is 0 Å². The number of aryl methyl sites for hydroxylation is 2. The number of rotatable bonds is 7. The van der Waals surface area contributed by atoms with Crippen LogP contribution in [0, 0.1) is 13.8 Å². The number of esters is 1. The number of halogens is 1. The molecule has 1 N–H and O–H groups in total. The maximum atomic E-state index is 12.6. The summed E-state index contributed by atoms with van der Waals surface area (Å²) in [4.78, 5) is 24.5. The topological polar surface area (TPSA) is 92.8 Å². The molecule has 0 atom stereocenters. The lowest BCUT2D eigenvalue weighted by Crippen LogP contribution is -2.37. The average Bonchev–Trinajstić information content (AvgIpc) is 2.63. The molecule has 0 saturated heterocycles. The van der Waals surface area contributed by atoms with E-state index in [2.05, 4.69) is 21.2 Å². The predicted octanol–water partition coefficient (Wildman–Crippen LogP) is 3.65. The van der Waals surface area contributed by atoms with Gasteiger partial charge in [-0.05, 0) is 62.2 Å². The predicted molar refractivity (Wildman–Crippen MR) is 117 cm³/mol. The molecule has 0 radical (unpaired) electrons. The van der Waals surface area contributed by atoms with Gasteiger partial charge in [0.1, 0.15) is 6.54 Å². The van der Waals surface area contributed by atoms with Crippen LogP contribution in [0.1, 0.15) is 28.4 Å². The van der Waals surface area contributed by atoms with E-state index in [1.54, 1.807) is 44.2 Å². The Morgan fingerprint density at radius 3 is 2.38 bits per heavy atom. The molecule has 0 heterocycles. The Morgan fingerprint density at radius 2 is 1.79 bits per heavy atom. The maximum Gasteiger partial charge on any atom is 0.338 e. The summed E-state index contributed by atoms with van der Waals surface area (Å²) in [7, 11) is -3.69. The molecule has 0 saturated carbocycles. The van der Waals surface area contributed by atoms with Gasteiger partial charge in [-0.1, -0.05) is 22.0 Å². The Morgan fingerprint density at radius 1 is 1.10 bits per heavy atom. The van der Waals surface area contributed by atoms with Crippen molar-refractivity contribution in [2.24, 2.45) is 0 Å². The third-order valence-electron chi connectivity index (χ3n) is 4.14. The van der Waals surface area contributed by atoms with Crippen LogP contribution < -0.4 is 9.62 Å². The van der Waals surface area contributed by atoms with Crippen molar-refractivity contribution in [3.63, 3.8) is 0 Å². The summed E-state index contributed by atoms with van der Waals surface area (Å²) in [6, 6.07) is 9.85. The van der Waals surface area contributed by atoms with Crippen LogP contribution in [0.2, 0.25) is 0 Å². The summed E-state index contributed by atoms with van der Waals surface area (Å²) in [5, 5.41) is 2.68. The fourth-order valence-corrected chi connectivity index (χ4v) is 3.70. The van der Waals surface area contributed by atoms with Gasteiger partial charge in [-0.15, -0.1) is 0 Å². The molecule has 1 amide bonds. The Kier molecular flexibility index (Phi) is 7.43. The zero-order valence-corrected chi connectivity index (χ0v) is 19.1. The lowest BCUT2D eigenvalue weighted by Gasteiger charge is -2.23. The molecule has 2 aromatic carbocycles. The number of nitrogens with zero attached hydrogens (tertiary/aromatic N) is 1. The molecule has 0 aliphatic heterocycles. The second-order valence-corrected chi connectivity index (χ2v) is 9.26. The monoisotopic (exact) mass is 482 g/mol. The van der Waals surface area contributed by atoms with E-state index < -0.39 is 28.4 Å². The highest BCUT2D eigenvalue weighted by Gasteiger charge is 2.22. The number of anilines is 2. The minimum absolute atomic E-state index is 0.240. The van der Waals surface area contributed by atoms with E-state index in [0.29, 0.717) is 16.9 Å². The quantitative estimate of drug-likeness (QED) is 0.607. The molecule has 2 rings (SSSR count). The second-order valence-electron chi connectivity index (χ2n) is 6.50. The largest absolute Gasteiger partial charge is 0.462 e. The molecule has 7 nitrogen and oxygen atoms in total. The van der Waals surface area contributed by atoms with Crippen LogP contribution in [-0.2, 0) is 19.6 Å². The van der Waals surface area contributed by atoms with Gasteiger partial charge >= 0.3 is 5.97 Å². The molecular formula is C20H23BrN2O5S. The Labute approximate surface area is 179 Å². The Hall–Kier alpha value is -2.39. The maximum absolute atomic E-state index is 12.6. The molecule has 0 unspecified atom stereocenters. The van der Waals surface area contributed by atoms with Crippen LogP contribution in [0.15, 0.2) is 40.9 Å². The van der Waals surface area contributed by atoms with Crippen molar-refractivity contribution in [1.29, 1.82) is 0 Å². The number of nitrogens with one attached hydrogen (secondary N) is 1. The van der Waals surface area contributed by atoms with Crippen LogP contribution in [-0.4, -0.2) is 39.7 Å². The first kappa shape index (κ1) is 22.9. The molecule has 0 fully saturated rings. The number of carbonyl (C=O) groups is 2. The Bertz CT molecular complexity index is 1040. The number of hydrogen-bond acceptors (Lipinski definition) is 5. The van der Waals surface area contributed by atoms with Crippen LogP contribution >= 0.6 is 15.9 Å². The molecule has 9 heteroatoms. The van der Waals surface area contributed by atoms with E-state index >= 15 is 0 Å². The molecule has 0 spiro atoms. The van der Waals surface area contributed by atoms with Crippen molar-refractivity contribution < 1.29 is 22.7 Å². The van der Waals surface area contributed by atoms with Crippen LogP contribution in [0.4, 0.5) is 11.4 Å². The van der Waals surface area contributed by atoms with Crippen molar-refractivity contribution in [3.8, 4) is 0 Å². The molecule has 2 aromatic rings. The number of sulfonamides is 1. The lowest BCUT2D eigenvalue weighted by molar-refractivity contribution is -0.114. The normalized spacial score (nSPS) is 11.1. The number of ether oxygens (including phenoxy) is 1. The molecule has 156 valence electrons. The van der Waals surface area contributed by atoms with Crippen molar-refractivity contribution in [2.75, 3.05) is 29.0 Å². The van der Waals surface area contributed by atoms with Crippen LogP contribution in [0.5, 0.6) is 0 Å². The van der Waals surface area contributed by atoms with Gasteiger partial charge in [-0.25, -0.2) is 13.2 Å². The summed E-state index contributed by atoms with van der Waals surface area (Å²) in [6.45, 7) is 5.15. The minimum Gasteiger partial charge on any atom is -0.462 e. The summed E-state index contributed by atoms with van der Waals surface area (Å²) in [5.74, 6) is -1.02. The SMILES string of the molecule is CCOC(=O)c1ccc(C)c(NC(=O)CN(c2ccc(Br)c(C)c2)S(C)(=O)=O)c1. The second kappa shape index (κ2) is 9.41. The molecular weight excluding hydrogens is 460 g/mol. The van der Waals surface area contributed by atoms with Gasteiger partial charge in [0.25, 0.3) is 0 Å². The van der Waals surface area contributed by atoms with Gasteiger partial charge in [-0.2, -0.15) is 0 Å². The number of amides is 1. The van der Waals surface area contributed by atoms with Crippen molar-refractivity contribution in [3.05, 3.63) is 57.6 Å². The van der Waals surface area contributed by atoms with Gasteiger partial charge in [0, 0.05) is 10.2 Å². The van der Waals surface area contributed by atoms with E-state index in [4.69, 9.17) is 4.74 Å². The van der Waals surface area contributed by atoms with E-state index in [1.165, 1.54) is 6.07 Å². The first-order valence-electron chi connectivity index (χ1n) is 8.84. The van der Waals surface area contributed by atoms with Gasteiger partial charge in [0.15, 0.2) is 0 Å². The number of carbonyl (C=O) groups excluding carboxylic acids is 2. The fraction of sp³-hybridized carbons (Fsp3) is 0.300. The molecule has 29 heavy (non-hydrogen) atoms. The third-order valence-corrected chi connectivity index (χ3v) is 6.17. The highest BCUT2D eigenvalue weighted by molar-refractivity contribution is 9.10. The van der Waals surface area contributed by atoms with E-state index in [9.17, 15) is 18.0 Å². The fourth-order valence-electron chi connectivity index (χ4n) is 2.60. The average molecular weight is 483 g/mol. The summed E-state index contributed by atoms with van der Waals surface area (Å²) >= 11 is 3.38. The number of hydrogen-bond donors (Lipinski definition) is 1. The zero-order chi connectivity index (χ0) is 21.8. The first-order valence-corrected chi connectivity index (χ1v) is 11.5. The Balaban J connectivity index is 2.26. The van der Waals surface area contributed by atoms with E-state index in [0.717, 1.165) is 26.2 Å². The lowest BCUT2D eigenvalue weighted by atomic mass is 10.1. The van der Waals surface area contributed by atoms with Crippen molar-refractivity contribution >= 4 is 49.2 Å². The third kappa shape index (κ3) is 6.04. The van der Waals surface area contributed by atoms with Crippen molar-refractivity contribution in [2.45, 2.75) is 20.8 Å². The van der Waals surface area contributed by atoms with Crippen LogP contribution in [0.25, 0.3) is 0 Å². The molecule has 0 aliphatic rings. The van der Waals surface area contributed by atoms with Gasteiger partial charge in [-0.3, -0.25) is 9.10 Å². The zero-order valence-electron chi connectivity index (χ0n) is 16.7. The first-order chi connectivity index (χ1) is 13.5. The summed E-state index contributed by atoms with van der Waals surface area (Å²) < 4.78 is 31.4.